The summed E-state index contributed by atoms with van der Waals surface area (Å²) in [7, 11) is 0. The summed E-state index contributed by atoms with van der Waals surface area (Å²) in [5.41, 5.74) is -1.76. The number of ether oxygens (including phenoxy) is 1. The van der Waals surface area contributed by atoms with Crippen LogP contribution in [-0.2, 0) is 17.5 Å². The van der Waals surface area contributed by atoms with Crippen molar-refractivity contribution in [2.45, 2.75) is 76.0 Å². The first-order valence-electron chi connectivity index (χ1n) is 14.3. The van der Waals surface area contributed by atoms with Crippen LogP contribution in [0.25, 0.3) is 21.3 Å². The van der Waals surface area contributed by atoms with Gasteiger partial charge >= 0.3 is 18.0 Å². The van der Waals surface area contributed by atoms with Gasteiger partial charge in [0.15, 0.2) is 0 Å². The predicted molar refractivity (Wildman–Crippen MR) is 168 cm³/mol. The molecular weight excluding hydrogens is 651 g/mol. The van der Waals surface area contributed by atoms with Crippen LogP contribution in [-0.4, -0.2) is 72.1 Å². The van der Waals surface area contributed by atoms with Crippen molar-refractivity contribution in [1.82, 2.24) is 29.4 Å². The predicted octanol–water partition coefficient (Wildman–Crippen LogP) is 6.57. The monoisotopic (exact) mass is 681 g/mol. The van der Waals surface area contributed by atoms with Crippen LogP contribution in [0.2, 0.25) is 5.02 Å². The van der Waals surface area contributed by atoms with E-state index < -0.39 is 29.1 Å². The molecule has 1 amide bonds. The van der Waals surface area contributed by atoms with Gasteiger partial charge < -0.3 is 9.64 Å². The lowest BCUT2D eigenvalue weighted by Crippen LogP contribution is -2.59. The van der Waals surface area contributed by atoms with E-state index in [1.807, 2.05) is 13.8 Å². The van der Waals surface area contributed by atoms with Crippen molar-refractivity contribution >= 4 is 57.5 Å². The number of alkyl halides is 3. The van der Waals surface area contributed by atoms with Crippen molar-refractivity contribution in [3.05, 3.63) is 51.0 Å². The Bertz CT molecular complexity index is 1810. The molecular formula is C29H31ClF3N7O3S2. The molecule has 0 aliphatic carbocycles. The Morgan fingerprint density at radius 3 is 2.40 bits per heavy atom. The molecule has 5 heterocycles. The fourth-order valence-electron chi connectivity index (χ4n) is 6.04. The van der Waals surface area contributed by atoms with E-state index in [1.165, 1.54) is 28.6 Å². The molecule has 240 valence electrons. The number of benzene rings is 1. The van der Waals surface area contributed by atoms with Gasteiger partial charge in [0.05, 0.1) is 47.0 Å². The van der Waals surface area contributed by atoms with Gasteiger partial charge in [0.1, 0.15) is 11.4 Å². The summed E-state index contributed by atoms with van der Waals surface area (Å²) in [6.45, 7) is 9.66. The maximum absolute atomic E-state index is 14.9. The van der Waals surface area contributed by atoms with Crippen molar-refractivity contribution in [1.29, 1.82) is 0 Å². The van der Waals surface area contributed by atoms with E-state index in [9.17, 15) is 22.8 Å². The second kappa shape index (κ2) is 11.5. The highest BCUT2D eigenvalue weighted by molar-refractivity contribution is 7.99. The second-order valence-corrected chi connectivity index (χ2v) is 14.7. The number of rotatable bonds is 3. The van der Waals surface area contributed by atoms with Crippen molar-refractivity contribution < 1.29 is 22.7 Å². The van der Waals surface area contributed by atoms with Crippen molar-refractivity contribution in [3.63, 3.8) is 0 Å². The first-order valence-corrected chi connectivity index (χ1v) is 16.5. The quantitative estimate of drug-likeness (QED) is 0.240. The van der Waals surface area contributed by atoms with Gasteiger partial charge in [-0.25, -0.2) is 14.3 Å². The Balaban J connectivity index is 1.55. The molecule has 16 heteroatoms. The van der Waals surface area contributed by atoms with Crippen molar-refractivity contribution in [2.75, 3.05) is 23.7 Å². The maximum Gasteiger partial charge on any atom is 0.417 e. The van der Waals surface area contributed by atoms with Gasteiger partial charge in [0.2, 0.25) is 0 Å². The third-order valence-electron chi connectivity index (χ3n) is 7.77. The molecule has 1 fully saturated rings. The number of carbonyl (C=O) groups excluding carboxylic acids is 1. The molecule has 0 saturated carbocycles. The molecule has 45 heavy (non-hydrogen) atoms. The average Bonchev–Trinajstić information content (AvgIpc) is 3.57. The molecule has 3 aromatic heterocycles. The molecule has 2 aliphatic rings. The van der Waals surface area contributed by atoms with Gasteiger partial charge in [-0.05, 0) is 46.8 Å². The molecule has 1 saturated heterocycles. The van der Waals surface area contributed by atoms with E-state index in [1.54, 1.807) is 46.8 Å². The molecule has 0 bridgehead atoms. The largest absolute Gasteiger partial charge is 0.444 e. The van der Waals surface area contributed by atoms with E-state index in [4.69, 9.17) is 16.3 Å². The number of hydrogen-bond acceptors (Lipinski definition) is 9. The Morgan fingerprint density at radius 2 is 1.82 bits per heavy atom. The van der Waals surface area contributed by atoms with E-state index in [2.05, 4.69) is 15.3 Å². The molecule has 1 aromatic carbocycles. The van der Waals surface area contributed by atoms with E-state index in [0.717, 1.165) is 17.4 Å². The number of carbonyl (C=O) groups is 1. The first kappa shape index (κ1) is 31.7. The van der Waals surface area contributed by atoms with Crippen LogP contribution in [0.1, 0.15) is 46.2 Å². The molecule has 0 radical (unpaired) electrons. The zero-order valence-electron chi connectivity index (χ0n) is 25.1. The fourth-order valence-corrected chi connectivity index (χ4v) is 8.58. The lowest BCUT2D eigenvalue weighted by Gasteiger charge is -2.45. The highest BCUT2D eigenvalue weighted by atomic mass is 35.5. The van der Waals surface area contributed by atoms with E-state index in [-0.39, 0.29) is 54.5 Å². The first-order chi connectivity index (χ1) is 21.1. The number of thiophene rings is 1. The Kier molecular flexibility index (Phi) is 8.09. The number of aromatic nitrogens is 5. The minimum atomic E-state index is -4.72. The van der Waals surface area contributed by atoms with Gasteiger partial charge in [-0.15, -0.1) is 28.2 Å². The molecule has 0 spiro atoms. The standard InChI is InChI=1S/C29H31ClF3N7O3S2/c1-15-10-37(11-16(2)40(15)27(42)43-28(3,4)5)25-19-9-20(29(31,32)33)22(21-8-17(30)13-44-21)24-23(19)38(26(41)35-25)12-18(14-45-24)39-7-6-34-36-39/h6-9,13,15-16,18H,10-12,14H2,1-5H3/t15-,16+,18-/m0/s1. The third-order valence-corrected chi connectivity index (χ3v) is 10.3. The number of thioether (sulfide) groups is 1. The number of anilines is 1. The van der Waals surface area contributed by atoms with Crippen LogP contribution in [0.5, 0.6) is 0 Å². The smallest absolute Gasteiger partial charge is 0.417 e. The maximum atomic E-state index is 14.9. The van der Waals surface area contributed by atoms with Crippen molar-refractivity contribution in [2.24, 2.45) is 0 Å². The summed E-state index contributed by atoms with van der Waals surface area (Å²) in [6.07, 6.45) is -2.01. The topological polar surface area (TPSA) is 98.4 Å². The number of amides is 1. The zero-order valence-corrected chi connectivity index (χ0v) is 27.5. The summed E-state index contributed by atoms with van der Waals surface area (Å²) < 4.78 is 53.5. The van der Waals surface area contributed by atoms with Gasteiger partial charge in [0.25, 0.3) is 0 Å². The van der Waals surface area contributed by atoms with Gasteiger partial charge in [-0.2, -0.15) is 18.2 Å². The van der Waals surface area contributed by atoms with Crippen LogP contribution >= 0.6 is 34.7 Å². The average molecular weight is 682 g/mol. The van der Waals surface area contributed by atoms with Gasteiger partial charge in [0, 0.05) is 51.1 Å². The van der Waals surface area contributed by atoms with Gasteiger partial charge in [-0.1, -0.05) is 16.8 Å². The number of nitrogens with zero attached hydrogens (tertiary/aromatic N) is 7. The normalized spacial score (nSPS) is 20.9. The Labute approximate surface area is 270 Å². The van der Waals surface area contributed by atoms with Crippen LogP contribution in [0, 0.1) is 0 Å². The molecule has 0 unspecified atom stereocenters. The van der Waals surface area contributed by atoms with E-state index in [0.29, 0.717) is 26.1 Å². The molecule has 4 aromatic rings. The minimum absolute atomic E-state index is 0.0158. The summed E-state index contributed by atoms with van der Waals surface area (Å²) in [5.74, 6) is 0.487. The number of halogens is 4. The van der Waals surface area contributed by atoms with Crippen LogP contribution < -0.4 is 10.6 Å². The molecule has 6 rings (SSSR count). The molecule has 3 atom stereocenters. The van der Waals surface area contributed by atoms with Crippen LogP contribution in [0.3, 0.4) is 0 Å². The van der Waals surface area contributed by atoms with Crippen LogP contribution in [0.4, 0.5) is 23.8 Å². The zero-order chi connectivity index (χ0) is 32.4. The second-order valence-electron chi connectivity index (χ2n) is 12.3. The highest BCUT2D eigenvalue weighted by Crippen LogP contribution is 2.50. The molecule has 0 N–H and O–H groups in total. The summed E-state index contributed by atoms with van der Waals surface area (Å²) in [5, 5.41) is 10.1. The Morgan fingerprint density at radius 1 is 1.11 bits per heavy atom. The summed E-state index contributed by atoms with van der Waals surface area (Å²) in [4.78, 5) is 35.4. The lowest BCUT2D eigenvalue weighted by atomic mass is 10.0. The molecule has 10 nitrogen and oxygen atoms in total. The third kappa shape index (κ3) is 6.01. The summed E-state index contributed by atoms with van der Waals surface area (Å²) >= 11 is 8.56. The van der Waals surface area contributed by atoms with Gasteiger partial charge in [-0.3, -0.25) is 9.47 Å². The van der Waals surface area contributed by atoms with Crippen molar-refractivity contribution in [3.8, 4) is 10.4 Å². The van der Waals surface area contributed by atoms with Crippen LogP contribution in [0.15, 0.2) is 39.6 Å². The van der Waals surface area contributed by atoms with E-state index >= 15 is 0 Å². The fraction of sp³-hybridized carbons (Fsp3) is 0.483. The number of hydrogen-bond donors (Lipinski definition) is 0. The number of piperazine rings is 1. The lowest BCUT2D eigenvalue weighted by molar-refractivity contribution is -0.137. The molecule has 2 aliphatic heterocycles. The SMILES string of the molecule is C[C@@H]1CN(c2nc(=O)n3c4c(c(-c5cc(Cl)cs5)c(C(F)(F)F)cc24)SC[C@@H](n2ccnn2)C3)C[C@H](C)N1C(=O)OC(C)(C)C. The highest BCUT2D eigenvalue weighted by Gasteiger charge is 2.41. The Hall–Kier alpha value is -3.30. The summed E-state index contributed by atoms with van der Waals surface area (Å²) in [6, 6.07) is 1.50. The minimum Gasteiger partial charge on any atom is -0.444 e.